The molecule has 0 unspecified atom stereocenters. The number of H-pyrrole nitrogens is 1. The van der Waals surface area contributed by atoms with Crippen molar-refractivity contribution in [3.05, 3.63) is 132 Å². The van der Waals surface area contributed by atoms with E-state index in [1.54, 1.807) is 41.3 Å². The number of hydrogen-bond donors (Lipinski definition) is 3. The Balaban J connectivity index is 0.728. The zero-order chi connectivity index (χ0) is 40.4. The first kappa shape index (κ1) is 39.1. The molecular formula is C44H45N9O6. The monoisotopic (exact) mass is 795 g/mol. The number of ether oxygens (including phenoxy) is 3. The summed E-state index contributed by atoms with van der Waals surface area (Å²) < 4.78 is 18.5. The van der Waals surface area contributed by atoms with E-state index in [-0.39, 0.29) is 49.0 Å². The number of nitrogens with one attached hydrogen (secondary N) is 3. The second kappa shape index (κ2) is 18.7. The summed E-state index contributed by atoms with van der Waals surface area (Å²) in [6.07, 6.45) is 4.55. The Kier molecular flexibility index (Phi) is 12.4. The molecule has 15 nitrogen and oxygen atoms in total. The highest BCUT2D eigenvalue weighted by atomic mass is 16.6. The first-order valence-electron chi connectivity index (χ1n) is 19.8. The molecule has 1 saturated heterocycles. The fraction of sp³-hybridized carbons (Fsp3) is 0.295. The zero-order valence-corrected chi connectivity index (χ0v) is 32.5. The van der Waals surface area contributed by atoms with Crippen LogP contribution in [0.5, 0.6) is 0 Å². The van der Waals surface area contributed by atoms with Crippen LogP contribution in [0, 0.1) is 0 Å². The summed E-state index contributed by atoms with van der Waals surface area (Å²) in [5, 5.41) is 17.4. The standard InChI is InChI=1S/C44H45N9O6/c54-42(18-24-57-26-27-58-25-21-46-44(56)59-29-35-33-10-3-1-8-31(33)32-9-2-4-11-34(32)35)52-22-16-30(17-23-52)39-28-41(53(51-39)40-14-5-6-19-45-40)49-43(55)38-13-7-12-36(48-38)37-15-20-47-50-37/h1-15,19-20,28,30,35H,16-18,21-27,29H2,(H,46,56)(H,47,50)(H,49,55). The summed E-state index contributed by atoms with van der Waals surface area (Å²) in [6.45, 7) is 3.03. The van der Waals surface area contributed by atoms with E-state index >= 15 is 0 Å². The lowest BCUT2D eigenvalue weighted by molar-refractivity contribution is -0.133. The Morgan fingerprint density at radius 2 is 1.54 bits per heavy atom. The number of alkyl carbamates (subject to hydrolysis) is 1. The van der Waals surface area contributed by atoms with Crippen molar-refractivity contribution in [1.29, 1.82) is 0 Å². The molecule has 2 aromatic carbocycles. The van der Waals surface area contributed by atoms with E-state index in [4.69, 9.17) is 19.3 Å². The largest absolute Gasteiger partial charge is 0.449 e. The van der Waals surface area contributed by atoms with Crippen LogP contribution < -0.4 is 10.6 Å². The minimum Gasteiger partial charge on any atom is -0.449 e. The number of rotatable bonds is 16. The quantitative estimate of drug-likeness (QED) is 0.0989. The number of aromatic nitrogens is 6. The van der Waals surface area contributed by atoms with E-state index in [0.29, 0.717) is 62.5 Å². The summed E-state index contributed by atoms with van der Waals surface area (Å²) in [5.74, 6) is 0.794. The second-order valence-corrected chi connectivity index (χ2v) is 14.3. The number of piperidine rings is 1. The average Bonchev–Trinajstić information content (AvgIpc) is 4.04. The molecule has 2 aliphatic rings. The van der Waals surface area contributed by atoms with Gasteiger partial charge in [0.25, 0.3) is 5.91 Å². The Bertz CT molecular complexity index is 2310. The number of fused-ring (bicyclic) bond motifs is 3. The van der Waals surface area contributed by atoms with Gasteiger partial charge in [-0.1, -0.05) is 60.7 Å². The maximum absolute atomic E-state index is 13.4. The fourth-order valence-electron chi connectivity index (χ4n) is 7.57. The van der Waals surface area contributed by atoms with Gasteiger partial charge in [0.1, 0.15) is 18.1 Å². The van der Waals surface area contributed by atoms with E-state index < -0.39 is 6.09 Å². The molecule has 0 spiro atoms. The van der Waals surface area contributed by atoms with E-state index in [2.05, 4.69) is 55.1 Å². The molecular weight excluding hydrogens is 751 g/mol. The van der Waals surface area contributed by atoms with Crippen LogP contribution in [0.1, 0.15) is 58.4 Å². The predicted molar refractivity (Wildman–Crippen MR) is 219 cm³/mol. The van der Waals surface area contributed by atoms with E-state index in [0.717, 1.165) is 18.5 Å². The number of benzene rings is 2. The summed E-state index contributed by atoms with van der Waals surface area (Å²) in [5.41, 5.74) is 7.07. The maximum atomic E-state index is 13.4. The number of amides is 3. The molecule has 0 saturated carbocycles. The minimum atomic E-state index is -0.482. The molecule has 3 amide bonds. The van der Waals surface area contributed by atoms with Crippen LogP contribution >= 0.6 is 0 Å². The van der Waals surface area contributed by atoms with Gasteiger partial charge in [-0.15, -0.1) is 0 Å². The number of anilines is 1. The molecule has 0 radical (unpaired) electrons. The Morgan fingerprint density at radius 1 is 0.797 bits per heavy atom. The smallest absolute Gasteiger partial charge is 0.407 e. The van der Waals surface area contributed by atoms with Crippen LogP contribution in [0.15, 0.2) is 109 Å². The van der Waals surface area contributed by atoms with Crippen molar-refractivity contribution >= 4 is 23.7 Å². The van der Waals surface area contributed by atoms with Gasteiger partial charge in [-0.05, 0) is 65.4 Å². The van der Waals surface area contributed by atoms with Gasteiger partial charge in [-0.25, -0.2) is 14.8 Å². The second-order valence-electron chi connectivity index (χ2n) is 14.3. The van der Waals surface area contributed by atoms with Gasteiger partial charge < -0.3 is 29.7 Å². The van der Waals surface area contributed by atoms with Crippen LogP contribution in [0.3, 0.4) is 0 Å². The summed E-state index contributed by atoms with van der Waals surface area (Å²) in [7, 11) is 0. The molecule has 4 aromatic heterocycles. The molecule has 1 aliphatic carbocycles. The topological polar surface area (TPSA) is 178 Å². The van der Waals surface area contributed by atoms with Gasteiger partial charge in [-0.2, -0.15) is 14.9 Å². The number of pyridine rings is 2. The summed E-state index contributed by atoms with van der Waals surface area (Å²) in [6, 6.07) is 30.9. The van der Waals surface area contributed by atoms with Gasteiger partial charge in [-0.3, -0.25) is 14.7 Å². The number of aromatic amines is 1. The van der Waals surface area contributed by atoms with Gasteiger partial charge in [0.2, 0.25) is 5.91 Å². The first-order valence-corrected chi connectivity index (χ1v) is 19.8. The lowest BCUT2D eigenvalue weighted by atomic mass is 9.93. The van der Waals surface area contributed by atoms with Crippen molar-refractivity contribution in [3.63, 3.8) is 0 Å². The number of nitrogens with zero attached hydrogens (tertiary/aromatic N) is 6. The van der Waals surface area contributed by atoms with Crippen LogP contribution in [0.2, 0.25) is 0 Å². The van der Waals surface area contributed by atoms with Crippen molar-refractivity contribution in [3.8, 4) is 28.3 Å². The molecule has 5 heterocycles. The third-order valence-corrected chi connectivity index (χ3v) is 10.6. The minimum absolute atomic E-state index is 0.00725. The zero-order valence-electron chi connectivity index (χ0n) is 32.5. The lowest BCUT2D eigenvalue weighted by Gasteiger charge is -2.31. The third-order valence-electron chi connectivity index (χ3n) is 10.6. The average molecular weight is 796 g/mol. The third kappa shape index (κ3) is 9.37. The molecule has 3 N–H and O–H groups in total. The number of likely N-dealkylation sites (tertiary alicyclic amines) is 1. The van der Waals surface area contributed by atoms with Crippen LogP contribution in [0.25, 0.3) is 28.3 Å². The molecule has 1 fully saturated rings. The van der Waals surface area contributed by atoms with Crippen LogP contribution in [-0.2, 0) is 19.0 Å². The van der Waals surface area contributed by atoms with Gasteiger partial charge >= 0.3 is 6.09 Å². The van der Waals surface area contributed by atoms with E-state index in [9.17, 15) is 14.4 Å². The van der Waals surface area contributed by atoms with Crippen molar-refractivity contribution in [2.75, 3.05) is 58.0 Å². The van der Waals surface area contributed by atoms with Crippen molar-refractivity contribution in [2.24, 2.45) is 0 Å². The van der Waals surface area contributed by atoms with Crippen molar-refractivity contribution in [1.82, 2.24) is 40.2 Å². The van der Waals surface area contributed by atoms with Gasteiger partial charge in [0, 0.05) is 49.9 Å². The highest BCUT2D eigenvalue weighted by Gasteiger charge is 2.30. The van der Waals surface area contributed by atoms with Crippen molar-refractivity contribution < 1.29 is 28.6 Å². The van der Waals surface area contributed by atoms with Crippen molar-refractivity contribution in [2.45, 2.75) is 31.1 Å². The number of carbonyl (C=O) groups excluding carboxylic acids is 3. The fourth-order valence-corrected chi connectivity index (χ4v) is 7.57. The van der Waals surface area contributed by atoms with E-state index in [1.807, 2.05) is 53.4 Å². The Morgan fingerprint density at radius 3 is 2.27 bits per heavy atom. The van der Waals surface area contributed by atoms with Gasteiger partial charge in [0.15, 0.2) is 5.82 Å². The Labute approximate surface area is 341 Å². The molecule has 0 atom stereocenters. The number of carbonyl (C=O) groups is 3. The number of hydrogen-bond acceptors (Lipinski definition) is 10. The SMILES string of the molecule is O=C(NCCOCCOCCC(=O)N1CCC(c2cc(NC(=O)c3cccc(-c4ccn[nH]4)n3)n(-c3ccccn3)n2)CC1)OCC1c2ccccc2-c2ccccc21. The molecule has 6 aromatic rings. The highest BCUT2D eigenvalue weighted by Crippen LogP contribution is 2.44. The molecule has 0 bridgehead atoms. The molecule has 15 heteroatoms. The van der Waals surface area contributed by atoms with Crippen LogP contribution in [-0.4, -0.2) is 105 Å². The molecule has 1 aliphatic heterocycles. The van der Waals surface area contributed by atoms with Crippen LogP contribution in [0.4, 0.5) is 10.6 Å². The first-order chi connectivity index (χ1) is 29.0. The predicted octanol–water partition coefficient (Wildman–Crippen LogP) is 5.97. The molecule has 59 heavy (non-hydrogen) atoms. The summed E-state index contributed by atoms with van der Waals surface area (Å²) in [4.78, 5) is 49.6. The molecule has 302 valence electrons. The lowest BCUT2D eigenvalue weighted by Crippen LogP contribution is -2.38. The highest BCUT2D eigenvalue weighted by molar-refractivity contribution is 6.02. The molecule has 8 rings (SSSR count). The van der Waals surface area contributed by atoms with Gasteiger partial charge in [0.05, 0.1) is 49.9 Å². The normalized spacial score (nSPS) is 13.8. The Hall–Kier alpha value is -6.71. The maximum Gasteiger partial charge on any atom is 0.407 e. The summed E-state index contributed by atoms with van der Waals surface area (Å²) >= 11 is 0. The van der Waals surface area contributed by atoms with E-state index in [1.165, 1.54) is 22.3 Å².